The largest absolute Gasteiger partial charge is 0.462 e. The molecular formula is C62H104O6. The van der Waals surface area contributed by atoms with Crippen LogP contribution in [0.2, 0.25) is 0 Å². The smallest absolute Gasteiger partial charge is 0.306 e. The van der Waals surface area contributed by atoms with Crippen LogP contribution < -0.4 is 0 Å². The Labute approximate surface area is 419 Å². The molecule has 0 aromatic carbocycles. The van der Waals surface area contributed by atoms with Gasteiger partial charge in [0, 0.05) is 19.3 Å². The average Bonchev–Trinajstić information content (AvgIpc) is 3.34. The Morgan fingerprint density at radius 2 is 0.574 bits per heavy atom. The summed E-state index contributed by atoms with van der Waals surface area (Å²) in [7, 11) is 0. The third-order valence-electron chi connectivity index (χ3n) is 11.8. The van der Waals surface area contributed by atoms with Crippen LogP contribution in [0.25, 0.3) is 0 Å². The van der Waals surface area contributed by atoms with Crippen molar-refractivity contribution >= 4 is 17.9 Å². The van der Waals surface area contributed by atoms with Crippen molar-refractivity contribution in [2.75, 3.05) is 13.2 Å². The molecule has 388 valence electrons. The summed E-state index contributed by atoms with van der Waals surface area (Å²) < 4.78 is 16.8. The summed E-state index contributed by atoms with van der Waals surface area (Å²) in [4.78, 5) is 38.0. The SMILES string of the molecule is CC/C=C\C/C=C\C/C=C\C/C=C\C/C=C\CCCCCCCCCCCCCC(=O)OCC(COC(=O)CCCCCCC/C=C\CCC)OC(=O)CCCCCCC/C=C\C/C=C\CCC. The molecule has 0 amide bonds. The van der Waals surface area contributed by atoms with Crippen LogP contribution in [-0.2, 0) is 28.6 Å². The molecule has 0 saturated heterocycles. The maximum absolute atomic E-state index is 12.8. The van der Waals surface area contributed by atoms with Gasteiger partial charge in [-0.25, -0.2) is 0 Å². The highest BCUT2D eigenvalue weighted by molar-refractivity contribution is 5.71. The van der Waals surface area contributed by atoms with E-state index in [1.807, 2.05) is 0 Å². The summed E-state index contributed by atoms with van der Waals surface area (Å²) in [5.74, 6) is -0.916. The lowest BCUT2D eigenvalue weighted by molar-refractivity contribution is -0.167. The van der Waals surface area contributed by atoms with Crippen LogP contribution in [0.5, 0.6) is 0 Å². The van der Waals surface area contributed by atoms with Gasteiger partial charge in [-0.05, 0) is 109 Å². The van der Waals surface area contributed by atoms with Crippen molar-refractivity contribution in [1.82, 2.24) is 0 Å². The first-order valence-electron chi connectivity index (χ1n) is 28.2. The first kappa shape index (κ1) is 64.3. The maximum atomic E-state index is 12.8. The number of rotatable bonds is 50. The standard InChI is InChI=1S/C62H104O6/c1-4-7-10-13-16-19-22-24-25-26-27-28-29-30-31-32-33-34-35-36-37-39-40-43-46-49-52-55-61(64)67-58-59(57-66-60(63)54-51-48-45-42-21-18-15-12-9-6-3)68-62(65)56-53-50-47-44-41-38-23-20-17-14-11-8-5-2/h7,10-12,14-16,19-20,23-25,27-28,30-31,59H,4-6,8-9,13,17-18,21-22,26,29,32-58H2,1-3H3/b10-7-,14-11-,15-12-,19-16-,23-20-,25-24-,28-27-,31-30-. The third kappa shape index (κ3) is 53.3. The quantitative estimate of drug-likeness (QED) is 0.0262. The first-order valence-corrected chi connectivity index (χ1v) is 28.2. The third-order valence-corrected chi connectivity index (χ3v) is 11.8. The van der Waals surface area contributed by atoms with E-state index < -0.39 is 6.10 Å². The van der Waals surface area contributed by atoms with Gasteiger partial charge >= 0.3 is 17.9 Å². The van der Waals surface area contributed by atoms with E-state index in [-0.39, 0.29) is 31.1 Å². The Morgan fingerprint density at radius 1 is 0.309 bits per heavy atom. The predicted molar refractivity (Wildman–Crippen MR) is 293 cm³/mol. The molecule has 0 aliphatic rings. The van der Waals surface area contributed by atoms with E-state index in [0.717, 1.165) is 141 Å². The van der Waals surface area contributed by atoms with Crippen LogP contribution >= 0.6 is 0 Å². The number of unbranched alkanes of at least 4 members (excludes halogenated alkanes) is 23. The van der Waals surface area contributed by atoms with Gasteiger partial charge in [-0.3, -0.25) is 14.4 Å². The van der Waals surface area contributed by atoms with Crippen molar-refractivity contribution in [2.45, 2.75) is 264 Å². The van der Waals surface area contributed by atoms with E-state index in [9.17, 15) is 14.4 Å². The second-order valence-corrected chi connectivity index (χ2v) is 18.5. The maximum Gasteiger partial charge on any atom is 0.306 e. The topological polar surface area (TPSA) is 78.9 Å². The number of allylic oxidation sites excluding steroid dienone is 16. The van der Waals surface area contributed by atoms with Gasteiger partial charge in [-0.2, -0.15) is 0 Å². The molecule has 0 rings (SSSR count). The van der Waals surface area contributed by atoms with Crippen molar-refractivity contribution in [3.8, 4) is 0 Å². The fourth-order valence-electron chi connectivity index (χ4n) is 7.57. The summed E-state index contributed by atoms with van der Waals surface area (Å²) in [6.07, 6.45) is 74.1. The predicted octanol–water partition coefficient (Wildman–Crippen LogP) is 18.9. The molecule has 0 aromatic rings. The number of carbonyl (C=O) groups is 3. The van der Waals surface area contributed by atoms with Gasteiger partial charge in [0.15, 0.2) is 6.10 Å². The molecule has 6 heteroatoms. The highest BCUT2D eigenvalue weighted by Gasteiger charge is 2.19. The van der Waals surface area contributed by atoms with Gasteiger partial charge in [-0.15, -0.1) is 0 Å². The lowest BCUT2D eigenvalue weighted by Crippen LogP contribution is -2.30. The normalized spacial score (nSPS) is 12.8. The summed E-state index contributed by atoms with van der Waals surface area (Å²) in [5, 5.41) is 0. The minimum atomic E-state index is -0.788. The van der Waals surface area contributed by atoms with Crippen molar-refractivity contribution in [1.29, 1.82) is 0 Å². The van der Waals surface area contributed by atoms with Gasteiger partial charge in [0.2, 0.25) is 0 Å². The van der Waals surface area contributed by atoms with Crippen LogP contribution in [0.4, 0.5) is 0 Å². The molecule has 0 heterocycles. The molecule has 1 unspecified atom stereocenters. The van der Waals surface area contributed by atoms with Crippen LogP contribution in [0.3, 0.4) is 0 Å². The van der Waals surface area contributed by atoms with E-state index in [1.165, 1.54) is 77.0 Å². The Bertz CT molecular complexity index is 1360. The van der Waals surface area contributed by atoms with Crippen LogP contribution in [0.15, 0.2) is 97.2 Å². The minimum absolute atomic E-state index is 0.0875. The molecule has 1 atom stereocenters. The zero-order valence-corrected chi connectivity index (χ0v) is 44.3. The van der Waals surface area contributed by atoms with Gasteiger partial charge < -0.3 is 14.2 Å². The molecule has 0 N–H and O–H groups in total. The van der Waals surface area contributed by atoms with Crippen molar-refractivity contribution < 1.29 is 28.6 Å². The van der Waals surface area contributed by atoms with Crippen LogP contribution in [0.1, 0.15) is 258 Å². The molecule has 0 spiro atoms. The average molecular weight is 946 g/mol. The number of hydrogen-bond acceptors (Lipinski definition) is 6. The summed E-state index contributed by atoms with van der Waals surface area (Å²) >= 11 is 0. The number of ether oxygens (including phenoxy) is 3. The van der Waals surface area contributed by atoms with E-state index in [2.05, 4.69) is 118 Å². The molecule has 0 aromatic heterocycles. The van der Waals surface area contributed by atoms with Gasteiger partial charge in [-0.1, -0.05) is 227 Å². The summed E-state index contributed by atoms with van der Waals surface area (Å²) in [5.41, 5.74) is 0. The van der Waals surface area contributed by atoms with E-state index in [1.54, 1.807) is 0 Å². The Kier molecular flexibility index (Phi) is 52.9. The zero-order chi connectivity index (χ0) is 49.3. The minimum Gasteiger partial charge on any atom is -0.462 e. The molecule has 6 nitrogen and oxygen atoms in total. The molecule has 68 heavy (non-hydrogen) atoms. The van der Waals surface area contributed by atoms with Crippen molar-refractivity contribution in [2.24, 2.45) is 0 Å². The highest BCUT2D eigenvalue weighted by Crippen LogP contribution is 2.15. The van der Waals surface area contributed by atoms with Gasteiger partial charge in [0.25, 0.3) is 0 Å². The second-order valence-electron chi connectivity index (χ2n) is 18.5. The van der Waals surface area contributed by atoms with Crippen molar-refractivity contribution in [3.05, 3.63) is 97.2 Å². The molecule has 0 radical (unpaired) electrons. The Hall–Kier alpha value is -3.67. The highest BCUT2D eigenvalue weighted by atomic mass is 16.6. The zero-order valence-electron chi connectivity index (χ0n) is 44.3. The molecule has 0 fully saturated rings. The number of esters is 3. The number of carbonyl (C=O) groups excluding carboxylic acids is 3. The van der Waals surface area contributed by atoms with Crippen LogP contribution in [-0.4, -0.2) is 37.2 Å². The van der Waals surface area contributed by atoms with Crippen LogP contribution in [0, 0.1) is 0 Å². The van der Waals surface area contributed by atoms with E-state index >= 15 is 0 Å². The van der Waals surface area contributed by atoms with Crippen molar-refractivity contribution in [3.63, 3.8) is 0 Å². The monoisotopic (exact) mass is 945 g/mol. The first-order chi connectivity index (χ1) is 33.5. The van der Waals surface area contributed by atoms with E-state index in [0.29, 0.717) is 19.3 Å². The molecule has 0 saturated carbocycles. The fourth-order valence-corrected chi connectivity index (χ4v) is 7.57. The summed E-state index contributed by atoms with van der Waals surface area (Å²) in [6.45, 7) is 6.38. The second kappa shape index (κ2) is 55.9. The molecule has 0 aliphatic carbocycles. The van der Waals surface area contributed by atoms with E-state index in [4.69, 9.17) is 14.2 Å². The Morgan fingerprint density at radius 3 is 0.926 bits per heavy atom. The molecule has 0 bridgehead atoms. The molecular weight excluding hydrogens is 841 g/mol. The van der Waals surface area contributed by atoms with Gasteiger partial charge in [0.1, 0.15) is 13.2 Å². The van der Waals surface area contributed by atoms with Gasteiger partial charge in [0.05, 0.1) is 0 Å². The lowest BCUT2D eigenvalue weighted by atomic mass is 10.0. The molecule has 0 aliphatic heterocycles. The summed E-state index contributed by atoms with van der Waals surface area (Å²) in [6, 6.07) is 0. The fraction of sp³-hybridized carbons (Fsp3) is 0.694. The number of hydrogen-bond donors (Lipinski definition) is 0. The Balaban J connectivity index is 4.22. The lowest BCUT2D eigenvalue weighted by Gasteiger charge is -2.18.